The molecule has 2 N–H and O–H groups in total. The van der Waals surface area contributed by atoms with Gasteiger partial charge in [-0.1, -0.05) is 30.0 Å². The fraction of sp³-hybridized carbons (Fsp3) is 0.222. The van der Waals surface area contributed by atoms with E-state index in [4.69, 9.17) is 0 Å². The normalized spacial score (nSPS) is 23.2. The average molecular weight is 387 g/mol. The van der Waals surface area contributed by atoms with Crippen molar-refractivity contribution in [3.63, 3.8) is 0 Å². The molecular formula is C18H17N3O3S2. The highest BCUT2D eigenvalue weighted by Gasteiger charge is 2.42. The van der Waals surface area contributed by atoms with E-state index in [9.17, 15) is 13.2 Å². The quantitative estimate of drug-likeness (QED) is 0.845. The van der Waals surface area contributed by atoms with Gasteiger partial charge in [-0.05, 0) is 36.4 Å². The van der Waals surface area contributed by atoms with Crippen LogP contribution in [0.1, 0.15) is 10.4 Å². The molecule has 0 spiro atoms. The molecule has 8 heteroatoms. The summed E-state index contributed by atoms with van der Waals surface area (Å²) in [4.78, 5) is 16.7. The van der Waals surface area contributed by atoms with Crippen molar-refractivity contribution < 1.29 is 13.2 Å². The van der Waals surface area contributed by atoms with Crippen LogP contribution in [0.25, 0.3) is 0 Å². The molecule has 2 aromatic rings. The Hall–Kier alpha value is -2.32. The predicted octanol–water partition coefficient (Wildman–Crippen LogP) is 2.62. The number of thioether (sulfide) groups is 1. The minimum atomic E-state index is -2.94. The number of sulfone groups is 1. The maximum Gasteiger partial charge on any atom is 0.255 e. The summed E-state index contributed by atoms with van der Waals surface area (Å²) in [7, 11) is -2.94. The predicted molar refractivity (Wildman–Crippen MR) is 106 cm³/mol. The molecule has 2 heterocycles. The molecule has 0 saturated carbocycles. The molecule has 2 aliphatic heterocycles. The number of carbonyl (C=O) groups excluding carboxylic acids is 1. The first-order valence-corrected chi connectivity index (χ1v) is 10.9. The van der Waals surface area contributed by atoms with E-state index in [-0.39, 0.29) is 28.7 Å². The number of anilines is 2. The molecule has 2 aromatic carbocycles. The van der Waals surface area contributed by atoms with E-state index in [1.165, 1.54) is 11.8 Å². The molecule has 2 atom stereocenters. The Labute approximate surface area is 156 Å². The fourth-order valence-electron chi connectivity index (χ4n) is 2.97. The van der Waals surface area contributed by atoms with Gasteiger partial charge >= 0.3 is 0 Å². The van der Waals surface area contributed by atoms with Crippen molar-refractivity contribution >= 4 is 44.0 Å². The number of nitrogens with one attached hydrogen (secondary N) is 2. The van der Waals surface area contributed by atoms with Gasteiger partial charge in [0.2, 0.25) is 0 Å². The third-order valence-corrected chi connectivity index (χ3v) is 7.39. The van der Waals surface area contributed by atoms with Crippen LogP contribution in [0.2, 0.25) is 0 Å². The van der Waals surface area contributed by atoms with Gasteiger partial charge in [0.05, 0.1) is 17.5 Å². The van der Waals surface area contributed by atoms with Gasteiger partial charge in [-0.25, -0.2) is 8.42 Å². The summed E-state index contributed by atoms with van der Waals surface area (Å²) in [5.74, 6) is 0.152. The first-order chi connectivity index (χ1) is 12.5. The average Bonchev–Trinajstić information content (AvgIpc) is 3.09. The zero-order valence-corrected chi connectivity index (χ0v) is 15.4. The highest BCUT2D eigenvalue weighted by atomic mass is 32.2. The number of nitrogens with zero attached hydrogens (tertiary/aromatic N) is 1. The lowest BCUT2D eigenvalue weighted by molar-refractivity contribution is 0.102. The van der Waals surface area contributed by atoms with Crippen molar-refractivity contribution in [3.05, 3.63) is 60.2 Å². The third kappa shape index (κ3) is 3.76. The van der Waals surface area contributed by atoms with E-state index >= 15 is 0 Å². The monoisotopic (exact) mass is 387 g/mol. The maximum atomic E-state index is 12.2. The standard InChI is InChI=1S/C18H17N3O3S2/c22-17(19-13-4-2-1-3-5-13)12-6-8-14(9-7-12)20-18-21-15-10-26(23,24)11-16(15)25-18/h1-9,15-16H,10-11H2,(H,19,22)(H,20,21). The zero-order valence-electron chi connectivity index (χ0n) is 13.8. The topological polar surface area (TPSA) is 87.6 Å². The third-order valence-electron chi connectivity index (χ3n) is 4.25. The minimum absolute atomic E-state index is 0.0124. The number of para-hydroxylation sites is 1. The Balaban J connectivity index is 1.39. The Kier molecular flexibility index (Phi) is 4.46. The first-order valence-electron chi connectivity index (χ1n) is 8.17. The van der Waals surface area contributed by atoms with E-state index in [0.717, 1.165) is 16.5 Å². The van der Waals surface area contributed by atoms with E-state index in [0.29, 0.717) is 5.56 Å². The number of aliphatic imine (C=N–C) groups is 1. The first kappa shape index (κ1) is 17.1. The van der Waals surface area contributed by atoms with Gasteiger partial charge in [-0.3, -0.25) is 9.79 Å². The van der Waals surface area contributed by atoms with Crippen LogP contribution < -0.4 is 10.6 Å². The molecule has 0 bridgehead atoms. The molecule has 2 unspecified atom stereocenters. The lowest BCUT2D eigenvalue weighted by Crippen LogP contribution is -2.13. The van der Waals surface area contributed by atoms with E-state index < -0.39 is 9.84 Å². The van der Waals surface area contributed by atoms with E-state index in [2.05, 4.69) is 15.6 Å². The molecule has 2 aliphatic rings. The number of hydrogen-bond donors (Lipinski definition) is 2. The maximum absolute atomic E-state index is 12.2. The van der Waals surface area contributed by atoms with Crippen LogP contribution in [0.3, 0.4) is 0 Å². The SMILES string of the molecule is O=C(Nc1ccccc1)c1ccc(NC2=NC3CS(=O)(=O)CC3S2)cc1. The van der Waals surface area contributed by atoms with Crippen LogP contribution in [0, 0.1) is 0 Å². The molecule has 0 aromatic heterocycles. The van der Waals surface area contributed by atoms with Crippen LogP contribution in [0.5, 0.6) is 0 Å². The van der Waals surface area contributed by atoms with Gasteiger partial charge in [0.25, 0.3) is 5.91 Å². The van der Waals surface area contributed by atoms with Gasteiger partial charge in [0.15, 0.2) is 15.0 Å². The smallest absolute Gasteiger partial charge is 0.255 e. The highest BCUT2D eigenvalue weighted by molar-refractivity contribution is 8.15. The Morgan fingerprint density at radius 1 is 1.00 bits per heavy atom. The van der Waals surface area contributed by atoms with Crippen LogP contribution in [0.15, 0.2) is 59.6 Å². The number of amides is 1. The number of amidine groups is 1. The summed E-state index contributed by atoms with van der Waals surface area (Å²) in [5.41, 5.74) is 2.12. The largest absolute Gasteiger partial charge is 0.335 e. The minimum Gasteiger partial charge on any atom is -0.335 e. The van der Waals surface area contributed by atoms with Crippen LogP contribution >= 0.6 is 11.8 Å². The number of hydrogen-bond acceptors (Lipinski definition) is 6. The summed E-state index contributed by atoms with van der Waals surface area (Å²) in [6.07, 6.45) is 0. The number of fused-ring (bicyclic) bond motifs is 1. The van der Waals surface area contributed by atoms with Gasteiger partial charge < -0.3 is 10.6 Å². The zero-order chi connectivity index (χ0) is 18.1. The fourth-order valence-corrected chi connectivity index (χ4v) is 6.65. The summed E-state index contributed by atoms with van der Waals surface area (Å²) >= 11 is 1.47. The van der Waals surface area contributed by atoms with Crippen LogP contribution in [-0.2, 0) is 9.84 Å². The second kappa shape index (κ2) is 6.77. The van der Waals surface area contributed by atoms with Gasteiger partial charge in [0.1, 0.15) is 0 Å². The highest BCUT2D eigenvalue weighted by Crippen LogP contribution is 2.34. The van der Waals surface area contributed by atoms with Crippen molar-refractivity contribution in [2.24, 2.45) is 4.99 Å². The van der Waals surface area contributed by atoms with Crippen molar-refractivity contribution in [2.45, 2.75) is 11.3 Å². The van der Waals surface area contributed by atoms with Crippen molar-refractivity contribution in [1.82, 2.24) is 0 Å². The van der Waals surface area contributed by atoms with E-state index in [1.54, 1.807) is 12.1 Å². The molecule has 1 amide bonds. The Morgan fingerprint density at radius 3 is 2.42 bits per heavy atom. The molecular weight excluding hydrogens is 370 g/mol. The second-order valence-electron chi connectivity index (χ2n) is 6.26. The Morgan fingerprint density at radius 2 is 1.73 bits per heavy atom. The lowest BCUT2D eigenvalue weighted by Gasteiger charge is -2.08. The van der Waals surface area contributed by atoms with Gasteiger partial charge in [-0.15, -0.1) is 0 Å². The molecule has 1 fully saturated rings. The van der Waals surface area contributed by atoms with Crippen molar-refractivity contribution in [1.29, 1.82) is 0 Å². The molecule has 26 heavy (non-hydrogen) atoms. The van der Waals surface area contributed by atoms with E-state index in [1.807, 2.05) is 42.5 Å². The Bertz CT molecular complexity index is 957. The summed E-state index contributed by atoms with van der Waals surface area (Å²) < 4.78 is 23.2. The number of carbonyl (C=O) groups is 1. The second-order valence-corrected chi connectivity index (χ2v) is 9.64. The molecule has 4 rings (SSSR count). The molecule has 0 aliphatic carbocycles. The van der Waals surface area contributed by atoms with Crippen molar-refractivity contribution in [2.75, 3.05) is 22.1 Å². The summed E-state index contributed by atoms with van der Waals surface area (Å²) in [6.45, 7) is 0. The van der Waals surface area contributed by atoms with Crippen LogP contribution in [-0.4, -0.2) is 42.3 Å². The lowest BCUT2D eigenvalue weighted by atomic mass is 10.2. The van der Waals surface area contributed by atoms with Gasteiger partial charge in [-0.2, -0.15) is 0 Å². The molecule has 0 radical (unpaired) electrons. The number of rotatable bonds is 3. The van der Waals surface area contributed by atoms with Crippen LogP contribution in [0.4, 0.5) is 11.4 Å². The van der Waals surface area contributed by atoms with Gasteiger partial charge in [0, 0.05) is 22.2 Å². The number of benzene rings is 2. The summed E-state index contributed by atoms with van der Waals surface area (Å²) in [5, 5.41) is 6.79. The van der Waals surface area contributed by atoms with Crippen molar-refractivity contribution in [3.8, 4) is 0 Å². The summed E-state index contributed by atoms with van der Waals surface area (Å²) in [6, 6.07) is 16.2. The molecule has 1 saturated heterocycles. The molecule has 134 valence electrons. The molecule has 6 nitrogen and oxygen atoms in total.